The van der Waals surface area contributed by atoms with E-state index in [1.54, 1.807) is 0 Å². The summed E-state index contributed by atoms with van der Waals surface area (Å²) in [5.41, 5.74) is 0. The zero-order valence-electron chi connectivity index (χ0n) is 9.89. The molecule has 2 aliphatic heterocycles. The van der Waals surface area contributed by atoms with Crippen LogP contribution in [0.4, 0.5) is 5.95 Å². The molecule has 1 aromatic rings. The normalized spacial score (nSPS) is 29.4. The van der Waals surface area contributed by atoms with Gasteiger partial charge in [-0.2, -0.15) is 0 Å². The maximum Gasteiger partial charge on any atom is 0.205 e. The highest BCUT2D eigenvalue weighted by molar-refractivity contribution is 5.32. The fourth-order valence-electron chi connectivity index (χ4n) is 2.96. The van der Waals surface area contributed by atoms with Crippen LogP contribution in [-0.4, -0.2) is 34.7 Å². The van der Waals surface area contributed by atoms with Crippen molar-refractivity contribution in [3.8, 4) is 0 Å². The van der Waals surface area contributed by atoms with Crippen LogP contribution in [0.1, 0.15) is 26.2 Å². The first-order chi connectivity index (χ1) is 7.86. The van der Waals surface area contributed by atoms with Gasteiger partial charge in [-0.25, -0.2) is 4.98 Å². The summed E-state index contributed by atoms with van der Waals surface area (Å²) in [7, 11) is 0. The molecule has 3 rings (SSSR count). The molecule has 2 unspecified atom stereocenters. The third-order valence-electron chi connectivity index (χ3n) is 3.84. The van der Waals surface area contributed by atoms with E-state index in [0.29, 0.717) is 6.04 Å². The second-order valence-corrected chi connectivity index (χ2v) is 4.89. The first kappa shape index (κ1) is 10.1. The molecule has 2 saturated heterocycles. The Balaban J connectivity index is 1.79. The summed E-state index contributed by atoms with van der Waals surface area (Å²) >= 11 is 0. The SMILES string of the molecule is CCn1ccnc1N1CCC2CCC(C1)N2. The van der Waals surface area contributed by atoms with E-state index in [-0.39, 0.29) is 0 Å². The molecule has 4 nitrogen and oxygen atoms in total. The summed E-state index contributed by atoms with van der Waals surface area (Å²) in [4.78, 5) is 6.94. The molecule has 2 fully saturated rings. The van der Waals surface area contributed by atoms with Crippen molar-refractivity contribution < 1.29 is 0 Å². The predicted octanol–water partition coefficient (Wildman–Crippen LogP) is 1.23. The van der Waals surface area contributed by atoms with Gasteiger partial charge in [0, 0.05) is 44.1 Å². The van der Waals surface area contributed by atoms with Crippen LogP contribution >= 0.6 is 0 Å². The van der Waals surface area contributed by atoms with Gasteiger partial charge in [0.25, 0.3) is 0 Å². The zero-order valence-corrected chi connectivity index (χ0v) is 9.89. The average Bonchev–Trinajstić information content (AvgIpc) is 2.85. The van der Waals surface area contributed by atoms with Crippen LogP contribution in [0.25, 0.3) is 0 Å². The van der Waals surface area contributed by atoms with E-state index < -0.39 is 0 Å². The molecule has 0 aromatic carbocycles. The number of hydrogen-bond acceptors (Lipinski definition) is 3. The number of aryl methyl sites for hydroxylation is 1. The smallest absolute Gasteiger partial charge is 0.205 e. The molecular formula is C12H20N4. The minimum Gasteiger partial charge on any atom is -0.341 e. The summed E-state index contributed by atoms with van der Waals surface area (Å²) in [6, 6.07) is 1.43. The van der Waals surface area contributed by atoms with Crippen LogP contribution in [0.3, 0.4) is 0 Å². The van der Waals surface area contributed by atoms with Crippen molar-refractivity contribution in [3.05, 3.63) is 12.4 Å². The number of aromatic nitrogens is 2. The fourth-order valence-corrected chi connectivity index (χ4v) is 2.96. The van der Waals surface area contributed by atoms with E-state index in [1.807, 2.05) is 6.20 Å². The maximum atomic E-state index is 4.50. The zero-order chi connectivity index (χ0) is 11.0. The van der Waals surface area contributed by atoms with Crippen molar-refractivity contribution in [2.75, 3.05) is 18.0 Å². The Bertz CT molecular complexity index is 360. The van der Waals surface area contributed by atoms with Crippen LogP contribution in [0.5, 0.6) is 0 Å². The van der Waals surface area contributed by atoms with Crippen LogP contribution in [-0.2, 0) is 6.54 Å². The Labute approximate surface area is 96.7 Å². The van der Waals surface area contributed by atoms with Crippen LogP contribution < -0.4 is 10.2 Å². The van der Waals surface area contributed by atoms with Crippen molar-refractivity contribution in [1.82, 2.24) is 14.9 Å². The summed E-state index contributed by atoms with van der Waals surface area (Å²) < 4.78 is 2.24. The Morgan fingerprint density at radius 2 is 2.25 bits per heavy atom. The Hall–Kier alpha value is -1.03. The molecule has 1 aromatic heterocycles. The van der Waals surface area contributed by atoms with E-state index >= 15 is 0 Å². The fraction of sp³-hybridized carbons (Fsp3) is 0.750. The Morgan fingerprint density at radius 1 is 1.38 bits per heavy atom. The topological polar surface area (TPSA) is 33.1 Å². The first-order valence-electron chi connectivity index (χ1n) is 6.39. The van der Waals surface area contributed by atoms with E-state index in [0.717, 1.165) is 31.6 Å². The molecule has 0 radical (unpaired) electrons. The van der Waals surface area contributed by atoms with Crippen molar-refractivity contribution in [2.45, 2.75) is 44.8 Å². The minimum absolute atomic E-state index is 0.675. The molecule has 2 aliphatic rings. The molecule has 0 aliphatic carbocycles. The molecule has 2 atom stereocenters. The molecule has 0 saturated carbocycles. The molecule has 3 heterocycles. The minimum atomic E-state index is 0.675. The standard InChI is InChI=1S/C12H20N4/c1-2-15-8-6-13-12(15)16-7-5-10-3-4-11(9-16)14-10/h6,8,10-11,14H,2-5,7,9H2,1H3. The summed E-state index contributed by atoms with van der Waals surface area (Å²) in [6.07, 6.45) is 7.93. The van der Waals surface area contributed by atoms with Gasteiger partial charge in [0.15, 0.2) is 0 Å². The van der Waals surface area contributed by atoms with Gasteiger partial charge in [0.05, 0.1) is 0 Å². The van der Waals surface area contributed by atoms with Crippen LogP contribution in [0, 0.1) is 0 Å². The van der Waals surface area contributed by atoms with Crippen LogP contribution in [0.2, 0.25) is 0 Å². The van der Waals surface area contributed by atoms with E-state index in [9.17, 15) is 0 Å². The van der Waals surface area contributed by atoms with Crippen molar-refractivity contribution in [2.24, 2.45) is 0 Å². The highest BCUT2D eigenvalue weighted by Crippen LogP contribution is 2.23. The highest BCUT2D eigenvalue weighted by Gasteiger charge is 2.30. The maximum absolute atomic E-state index is 4.50. The van der Waals surface area contributed by atoms with E-state index in [2.05, 4.69) is 32.9 Å². The molecule has 1 N–H and O–H groups in total. The van der Waals surface area contributed by atoms with Gasteiger partial charge in [-0.1, -0.05) is 0 Å². The summed E-state index contributed by atoms with van der Waals surface area (Å²) in [6.45, 7) is 5.44. The van der Waals surface area contributed by atoms with Gasteiger partial charge >= 0.3 is 0 Å². The largest absolute Gasteiger partial charge is 0.341 e. The quantitative estimate of drug-likeness (QED) is 0.814. The Morgan fingerprint density at radius 3 is 3.12 bits per heavy atom. The number of nitrogens with zero attached hydrogens (tertiary/aromatic N) is 3. The molecule has 16 heavy (non-hydrogen) atoms. The molecule has 0 spiro atoms. The van der Waals surface area contributed by atoms with Gasteiger partial charge < -0.3 is 14.8 Å². The third kappa shape index (κ3) is 1.71. The molecule has 0 amide bonds. The number of nitrogens with one attached hydrogen (secondary N) is 1. The lowest BCUT2D eigenvalue weighted by Crippen LogP contribution is -2.36. The summed E-state index contributed by atoms with van der Waals surface area (Å²) in [5, 5.41) is 3.70. The number of anilines is 1. The molecule has 88 valence electrons. The first-order valence-corrected chi connectivity index (χ1v) is 6.39. The van der Waals surface area contributed by atoms with Crippen molar-refractivity contribution in [1.29, 1.82) is 0 Å². The van der Waals surface area contributed by atoms with Gasteiger partial charge in [0.1, 0.15) is 0 Å². The van der Waals surface area contributed by atoms with Crippen LogP contribution in [0.15, 0.2) is 12.4 Å². The van der Waals surface area contributed by atoms with Crippen molar-refractivity contribution >= 4 is 5.95 Å². The number of hydrogen-bond donors (Lipinski definition) is 1. The van der Waals surface area contributed by atoms with Crippen molar-refractivity contribution in [3.63, 3.8) is 0 Å². The van der Waals surface area contributed by atoms with Gasteiger partial charge in [0.2, 0.25) is 5.95 Å². The lowest BCUT2D eigenvalue weighted by Gasteiger charge is -2.25. The molecule has 4 heteroatoms. The second-order valence-electron chi connectivity index (χ2n) is 4.89. The number of rotatable bonds is 2. The van der Waals surface area contributed by atoms with E-state index in [1.165, 1.54) is 19.3 Å². The monoisotopic (exact) mass is 220 g/mol. The highest BCUT2D eigenvalue weighted by atomic mass is 15.3. The van der Waals surface area contributed by atoms with Gasteiger partial charge in [-0.3, -0.25) is 0 Å². The third-order valence-corrected chi connectivity index (χ3v) is 3.84. The average molecular weight is 220 g/mol. The summed E-state index contributed by atoms with van der Waals surface area (Å²) in [5.74, 6) is 1.15. The lowest BCUT2D eigenvalue weighted by atomic mass is 10.1. The molecule has 2 bridgehead atoms. The lowest BCUT2D eigenvalue weighted by molar-refractivity contribution is 0.563. The molecular weight excluding hydrogens is 200 g/mol. The predicted molar refractivity (Wildman–Crippen MR) is 64.7 cm³/mol. The number of imidazole rings is 1. The second kappa shape index (κ2) is 4.09. The van der Waals surface area contributed by atoms with Gasteiger partial charge in [-0.05, 0) is 26.2 Å². The number of fused-ring (bicyclic) bond motifs is 2. The Kier molecular flexibility index (Phi) is 2.59. The van der Waals surface area contributed by atoms with Gasteiger partial charge in [-0.15, -0.1) is 0 Å². The van der Waals surface area contributed by atoms with E-state index in [4.69, 9.17) is 0 Å².